The summed E-state index contributed by atoms with van der Waals surface area (Å²) in [6, 6.07) is 7.21. The Kier molecular flexibility index (Phi) is 5.43. The predicted octanol–water partition coefficient (Wildman–Crippen LogP) is 3.20. The molecular formula is C18H17F2N3O4S. The highest BCUT2D eigenvalue weighted by molar-refractivity contribution is 7.89. The van der Waals surface area contributed by atoms with Gasteiger partial charge in [0.1, 0.15) is 0 Å². The van der Waals surface area contributed by atoms with Gasteiger partial charge in [-0.15, -0.1) is 0 Å². The zero-order valence-electron chi connectivity index (χ0n) is 14.6. The van der Waals surface area contributed by atoms with E-state index in [0.717, 1.165) is 23.8 Å². The van der Waals surface area contributed by atoms with Crippen molar-refractivity contribution in [2.24, 2.45) is 5.14 Å². The van der Waals surface area contributed by atoms with Gasteiger partial charge in [-0.05, 0) is 36.6 Å². The standard InChI is InChI=1S/C18H17F2N3O4S/c19-17-2-1-13(8-18(17)20)7-12-3-5-22(6-4-12)14-9-15(23(24)25)11-16(10-14)28(21,26)27/h1-2,7-11H,3-6H2,(H2,21,26,27). The third kappa shape index (κ3) is 4.52. The van der Waals surface area contributed by atoms with Crippen LogP contribution in [-0.4, -0.2) is 26.4 Å². The molecule has 0 unspecified atom stereocenters. The lowest BCUT2D eigenvalue weighted by atomic mass is 10.0. The number of hydrogen-bond donors (Lipinski definition) is 1. The van der Waals surface area contributed by atoms with Crippen LogP contribution in [0.1, 0.15) is 18.4 Å². The molecule has 2 aromatic rings. The molecule has 2 N–H and O–H groups in total. The highest BCUT2D eigenvalue weighted by atomic mass is 32.2. The van der Waals surface area contributed by atoms with Crippen LogP contribution >= 0.6 is 0 Å². The average molecular weight is 409 g/mol. The largest absolute Gasteiger partial charge is 0.371 e. The van der Waals surface area contributed by atoms with E-state index in [1.807, 2.05) is 4.90 Å². The third-order valence-corrected chi connectivity index (χ3v) is 5.39. The monoisotopic (exact) mass is 409 g/mol. The molecule has 28 heavy (non-hydrogen) atoms. The summed E-state index contributed by atoms with van der Waals surface area (Å²) in [7, 11) is -4.09. The first-order valence-electron chi connectivity index (χ1n) is 8.35. The van der Waals surface area contributed by atoms with Crippen molar-refractivity contribution < 1.29 is 22.1 Å². The molecule has 148 valence electrons. The Hall–Kier alpha value is -2.85. The predicted molar refractivity (Wildman–Crippen MR) is 100 cm³/mol. The first-order chi connectivity index (χ1) is 13.1. The highest BCUT2D eigenvalue weighted by Crippen LogP contribution is 2.30. The molecule has 0 spiro atoms. The van der Waals surface area contributed by atoms with Crippen molar-refractivity contribution in [3.8, 4) is 0 Å². The smallest absolute Gasteiger partial charge is 0.272 e. The van der Waals surface area contributed by atoms with E-state index in [0.29, 0.717) is 37.2 Å². The lowest BCUT2D eigenvalue weighted by Gasteiger charge is -2.30. The van der Waals surface area contributed by atoms with Crippen molar-refractivity contribution in [1.29, 1.82) is 0 Å². The molecular weight excluding hydrogens is 392 g/mol. The van der Waals surface area contributed by atoms with Gasteiger partial charge in [0, 0.05) is 30.9 Å². The molecule has 3 rings (SSSR count). The third-order valence-electron chi connectivity index (χ3n) is 4.50. The van der Waals surface area contributed by atoms with E-state index in [2.05, 4.69) is 0 Å². The summed E-state index contributed by atoms with van der Waals surface area (Å²) in [6.45, 7) is 0.974. The van der Waals surface area contributed by atoms with Crippen molar-refractivity contribution in [2.75, 3.05) is 18.0 Å². The van der Waals surface area contributed by atoms with Crippen LogP contribution in [0.2, 0.25) is 0 Å². The van der Waals surface area contributed by atoms with Crippen LogP contribution in [0.3, 0.4) is 0 Å². The quantitative estimate of drug-likeness (QED) is 0.616. The van der Waals surface area contributed by atoms with E-state index in [1.54, 1.807) is 6.08 Å². The van der Waals surface area contributed by atoms with Crippen LogP contribution in [0.25, 0.3) is 6.08 Å². The molecule has 0 atom stereocenters. The number of nitro groups is 1. The van der Waals surface area contributed by atoms with Gasteiger partial charge in [0.15, 0.2) is 11.6 Å². The zero-order valence-corrected chi connectivity index (χ0v) is 15.5. The second kappa shape index (κ2) is 7.64. The summed E-state index contributed by atoms with van der Waals surface area (Å²) in [5.74, 6) is -1.83. The average Bonchev–Trinajstić information content (AvgIpc) is 2.64. The van der Waals surface area contributed by atoms with Gasteiger partial charge < -0.3 is 4.90 Å². The van der Waals surface area contributed by atoms with E-state index in [1.165, 1.54) is 18.2 Å². The number of hydrogen-bond acceptors (Lipinski definition) is 5. The molecule has 2 aromatic carbocycles. The number of piperidine rings is 1. The molecule has 1 aliphatic rings. The number of rotatable bonds is 4. The minimum absolute atomic E-state index is 0.320. The molecule has 7 nitrogen and oxygen atoms in total. The second-order valence-corrected chi connectivity index (χ2v) is 8.01. The highest BCUT2D eigenvalue weighted by Gasteiger charge is 2.21. The van der Waals surface area contributed by atoms with E-state index in [-0.39, 0.29) is 10.6 Å². The first kappa shape index (κ1) is 19.9. The number of primary sulfonamides is 1. The van der Waals surface area contributed by atoms with Gasteiger partial charge >= 0.3 is 0 Å². The maximum absolute atomic E-state index is 13.3. The molecule has 0 aliphatic carbocycles. The fourth-order valence-electron chi connectivity index (χ4n) is 3.05. The van der Waals surface area contributed by atoms with Gasteiger partial charge in [-0.1, -0.05) is 17.7 Å². The molecule has 1 aliphatic heterocycles. The van der Waals surface area contributed by atoms with Crippen LogP contribution < -0.4 is 10.0 Å². The summed E-state index contributed by atoms with van der Waals surface area (Å²) in [5, 5.41) is 16.2. The van der Waals surface area contributed by atoms with Gasteiger partial charge in [0.05, 0.1) is 9.82 Å². The Morgan fingerprint density at radius 2 is 1.75 bits per heavy atom. The summed E-state index contributed by atoms with van der Waals surface area (Å²) >= 11 is 0. The van der Waals surface area contributed by atoms with Gasteiger partial charge in [0.2, 0.25) is 10.0 Å². The lowest BCUT2D eigenvalue weighted by molar-refractivity contribution is -0.385. The van der Waals surface area contributed by atoms with Crippen LogP contribution in [0.15, 0.2) is 46.9 Å². The fourth-order valence-corrected chi connectivity index (χ4v) is 3.62. The maximum Gasteiger partial charge on any atom is 0.272 e. The van der Waals surface area contributed by atoms with E-state index >= 15 is 0 Å². The lowest BCUT2D eigenvalue weighted by Crippen LogP contribution is -2.30. The Labute approximate surface area is 160 Å². The minimum Gasteiger partial charge on any atom is -0.371 e. The molecule has 10 heteroatoms. The molecule has 0 bridgehead atoms. The summed E-state index contributed by atoms with van der Waals surface area (Å²) in [6.07, 6.45) is 2.96. The van der Waals surface area contributed by atoms with E-state index in [4.69, 9.17) is 5.14 Å². The molecule has 1 fully saturated rings. The Bertz CT molecular complexity index is 1060. The van der Waals surface area contributed by atoms with Crippen molar-refractivity contribution in [3.05, 3.63) is 69.3 Å². The SMILES string of the molecule is NS(=O)(=O)c1cc(N2CCC(=Cc3ccc(F)c(F)c3)CC2)cc([N+](=O)[O-])c1. The molecule has 1 heterocycles. The van der Waals surface area contributed by atoms with Crippen LogP contribution in [0, 0.1) is 21.7 Å². The van der Waals surface area contributed by atoms with Gasteiger partial charge in [-0.25, -0.2) is 22.3 Å². The van der Waals surface area contributed by atoms with Gasteiger partial charge in [0.25, 0.3) is 5.69 Å². The summed E-state index contributed by atoms with van der Waals surface area (Å²) in [5.41, 5.74) is 1.60. The van der Waals surface area contributed by atoms with Crippen LogP contribution in [-0.2, 0) is 10.0 Å². The van der Waals surface area contributed by atoms with Gasteiger partial charge in [-0.3, -0.25) is 10.1 Å². The van der Waals surface area contributed by atoms with E-state index in [9.17, 15) is 27.3 Å². The number of nitrogens with two attached hydrogens (primary N) is 1. The molecule has 0 aromatic heterocycles. The topological polar surface area (TPSA) is 107 Å². The number of halogens is 2. The first-order valence-corrected chi connectivity index (χ1v) is 9.90. The molecule has 0 amide bonds. The number of non-ortho nitro benzene ring substituents is 1. The number of nitrogens with zero attached hydrogens (tertiary/aromatic N) is 2. The Morgan fingerprint density at radius 3 is 2.32 bits per heavy atom. The fraction of sp³-hybridized carbons (Fsp3) is 0.222. The number of anilines is 1. The van der Waals surface area contributed by atoms with E-state index < -0.39 is 26.6 Å². The van der Waals surface area contributed by atoms with Crippen molar-refractivity contribution in [1.82, 2.24) is 0 Å². The normalized spacial score (nSPS) is 14.8. The number of sulfonamides is 1. The molecule has 0 saturated carbocycles. The van der Waals surface area contributed by atoms with Crippen molar-refractivity contribution in [3.63, 3.8) is 0 Å². The van der Waals surface area contributed by atoms with Gasteiger partial charge in [-0.2, -0.15) is 0 Å². The molecule has 0 radical (unpaired) electrons. The van der Waals surface area contributed by atoms with Crippen molar-refractivity contribution >= 4 is 27.5 Å². The van der Waals surface area contributed by atoms with Crippen LogP contribution in [0.5, 0.6) is 0 Å². The number of nitro benzene ring substituents is 1. The van der Waals surface area contributed by atoms with Crippen molar-refractivity contribution in [2.45, 2.75) is 17.7 Å². The molecule has 1 saturated heterocycles. The maximum atomic E-state index is 13.3. The summed E-state index contributed by atoms with van der Waals surface area (Å²) < 4.78 is 49.6. The second-order valence-electron chi connectivity index (χ2n) is 6.45. The zero-order chi connectivity index (χ0) is 20.5. The minimum atomic E-state index is -4.09. The number of benzene rings is 2. The summed E-state index contributed by atoms with van der Waals surface area (Å²) in [4.78, 5) is 11.9. The van der Waals surface area contributed by atoms with Crippen LogP contribution in [0.4, 0.5) is 20.2 Å². The Morgan fingerprint density at radius 1 is 1.07 bits per heavy atom. The Balaban J connectivity index is 1.81.